The Labute approximate surface area is 183 Å². The van der Waals surface area contributed by atoms with Crippen LogP contribution in [0.5, 0.6) is 0 Å². The van der Waals surface area contributed by atoms with E-state index in [9.17, 15) is 14.7 Å². The molecule has 0 aliphatic heterocycles. The van der Waals surface area contributed by atoms with Crippen LogP contribution in [0.2, 0.25) is 0 Å². The van der Waals surface area contributed by atoms with Gasteiger partial charge in [0, 0.05) is 22.8 Å². The summed E-state index contributed by atoms with van der Waals surface area (Å²) in [6.45, 7) is 0. The Balaban J connectivity index is 1.45. The van der Waals surface area contributed by atoms with Crippen LogP contribution in [-0.4, -0.2) is 31.5 Å². The standard InChI is InChI=1S/C25H20N4O3/c30-24(31)13-23(16-6-2-1-3-7-16)29-15-27-21-12-17(10-11-22(21)29)28-25(32)19-14-26-20-9-5-4-8-18(19)20/h1-12,14-15,23,26H,13H2,(H,28,32)(H,30,31). The SMILES string of the molecule is O=C(O)CC(c1ccccc1)n1cnc2cc(NC(=O)c3c[nH]c4ccccc34)ccc21. The highest BCUT2D eigenvalue weighted by Crippen LogP contribution is 2.28. The number of carbonyl (C=O) groups excluding carboxylic acids is 1. The second-order valence-electron chi connectivity index (χ2n) is 7.58. The molecule has 0 aliphatic carbocycles. The van der Waals surface area contributed by atoms with Gasteiger partial charge in [0.25, 0.3) is 5.91 Å². The summed E-state index contributed by atoms with van der Waals surface area (Å²) in [4.78, 5) is 31.9. The molecule has 1 atom stereocenters. The van der Waals surface area contributed by atoms with Gasteiger partial charge < -0.3 is 20.0 Å². The van der Waals surface area contributed by atoms with Crippen molar-refractivity contribution in [2.45, 2.75) is 12.5 Å². The number of imidazole rings is 1. The van der Waals surface area contributed by atoms with Crippen LogP contribution in [0.3, 0.4) is 0 Å². The van der Waals surface area contributed by atoms with Gasteiger partial charge in [0.15, 0.2) is 0 Å². The molecule has 3 N–H and O–H groups in total. The normalized spacial score (nSPS) is 12.1. The first kappa shape index (κ1) is 19.6. The largest absolute Gasteiger partial charge is 0.481 e. The van der Waals surface area contributed by atoms with Gasteiger partial charge in [0.1, 0.15) is 0 Å². The van der Waals surface area contributed by atoms with Crippen molar-refractivity contribution < 1.29 is 14.7 Å². The van der Waals surface area contributed by atoms with Crippen LogP contribution in [0.25, 0.3) is 21.9 Å². The summed E-state index contributed by atoms with van der Waals surface area (Å²) < 4.78 is 1.87. The summed E-state index contributed by atoms with van der Waals surface area (Å²) in [6.07, 6.45) is 3.29. The lowest BCUT2D eigenvalue weighted by Crippen LogP contribution is -2.14. The predicted molar refractivity (Wildman–Crippen MR) is 123 cm³/mol. The molecule has 0 fully saturated rings. The molecule has 0 saturated carbocycles. The van der Waals surface area contributed by atoms with Gasteiger partial charge in [-0.15, -0.1) is 0 Å². The number of anilines is 1. The smallest absolute Gasteiger partial charge is 0.305 e. The molecule has 158 valence electrons. The fourth-order valence-electron chi connectivity index (χ4n) is 4.03. The second kappa shape index (κ2) is 8.03. The number of amides is 1. The number of aromatic amines is 1. The second-order valence-corrected chi connectivity index (χ2v) is 7.58. The van der Waals surface area contributed by atoms with Crippen molar-refractivity contribution in [1.82, 2.24) is 14.5 Å². The third-order valence-corrected chi connectivity index (χ3v) is 5.55. The highest BCUT2D eigenvalue weighted by Gasteiger charge is 2.20. The van der Waals surface area contributed by atoms with E-state index in [4.69, 9.17) is 0 Å². The third kappa shape index (κ3) is 3.60. The Morgan fingerprint density at radius 3 is 2.62 bits per heavy atom. The minimum atomic E-state index is -0.886. The number of carbonyl (C=O) groups is 2. The van der Waals surface area contributed by atoms with E-state index in [0.29, 0.717) is 16.8 Å². The number of nitrogens with zero attached hydrogens (tertiary/aromatic N) is 2. The van der Waals surface area contributed by atoms with Crippen molar-refractivity contribution in [3.63, 3.8) is 0 Å². The average molecular weight is 424 g/mol. The van der Waals surface area contributed by atoms with Gasteiger partial charge in [-0.1, -0.05) is 48.5 Å². The lowest BCUT2D eigenvalue weighted by molar-refractivity contribution is -0.137. The number of hydrogen-bond acceptors (Lipinski definition) is 3. The lowest BCUT2D eigenvalue weighted by atomic mass is 10.0. The number of carboxylic acids is 1. The first-order chi connectivity index (χ1) is 15.6. The number of nitrogens with one attached hydrogen (secondary N) is 2. The first-order valence-corrected chi connectivity index (χ1v) is 10.2. The zero-order chi connectivity index (χ0) is 22.1. The minimum absolute atomic E-state index is 0.0610. The van der Waals surface area contributed by atoms with E-state index < -0.39 is 5.97 Å². The number of aromatic nitrogens is 3. The zero-order valence-corrected chi connectivity index (χ0v) is 17.0. The van der Waals surface area contributed by atoms with Crippen molar-refractivity contribution in [2.24, 2.45) is 0 Å². The number of para-hydroxylation sites is 1. The Morgan fingerprint density at radius 1 is 1.03 bits per heavy atom. The van der Waals surface area contributed by atoms with Gasteiger partial charge in [-0.2, -0.15) is 0 Å². The number of H-pyrrole nitrogens is 1. The lowest BCUT2D eigenvalue weighted by Gasteiger charge is -2.18. The van der Waals surface area contributed by atoms with E-state index >= 15 is 0 Å². The summed E-state index contributed by atoms with van der Waals surface area (Å²) in [5, 5.41) is 13.2. The number of rotatable bonds is 6. The van der Waals surface area contributed by atoms with Crippen LogP contribution in [0.4, 0.5) is 5.69 Å². The van der Waals surface area contributed by atoms with Crippen LogP contribution in [0, 0.1) is 0 Å². The summed E-state index contributed by atoms with van der Waals surface area (Å²) in [5.41, 5.74) is 4.45. The molecule has 3 aromatic carbocycles. The highest BCUT2D eigenvalue weighted by atomic mass is 16.4. The number of fused-ring (bicyclic) bond motifs is 2. The third-order valence-electron chi connectivity index (χ3n) is 5.55. The van der Waals surface area contributed by atoms with E-state index in [1.165, 1.54) is 0 Å². The Hall–Kier alpha value is -4.39. The number of aliphatic carboxylic acids is 1. The monoisotopic (exact) mass is 424 g/mol. The van der Waals surface area contributed by atoms with Gasteiger partial charge in [0.2, 0.25) is 0 Å². The Morgan fingerprint density at radius 2 is 1.81 bits per heavy atom. The van der Waals surface area contributed by atoms with E-state index in [-0.39, 0.29) is 18.4 Å². The molecule has 5 rings (SSSR count). The number of hydrogen-bond donors (Lipinski definition) is 3. The molecule has 1 unspecified atom stereocenters. The van der Waals surface area contributed by atoms with Gasteiger partial charge in [0.05, 0.1) is 35.4 Å². The van der Waals surface area contributed by atoms with E-state index in [2.05, 4.69) is 15.3 Å². The molecule has 0 saturated heterocycles. The van der Waals surface area contributed by atoms with E-state index in [0.717, 1.165) is 22.0 Å². The summed E-state index contributed by atoms with van der Waals surface area (Å²) in [6, 6.07) is 22.2. The van der Waals surface area contributed by atoms with Crippen LogP contribution in [0.15, 0.2) is 85.3 Å². The van der Waals surface area contributed by atoms with Gasteiger partial charge in [-0.05, 0) is 29.8 Å². The number of benzene rings is 3. The van der Waals surface area contributed by atoms with E-state index in [1.54, 1.807) is 24.7 Å². The minimum Gasteiger partial charge on any atom is -0.481 e. The molecule has 2 aromatic heterocycles. The van der Waals surface area contributed by atoms with Crippen LogP contribution < -0.4 is 5.32 Å². The molecule has 7 heteroatoms. The molecular weight excluding hydrogens is 404 g/mol. The van der Waals surface area contributed by atoms with Crippen LogP contribution in [-0.2, 0) is 4.79 Å². The van der Waals surface area contributed by atoms with Crippen LogP contribution in [0.1, 0.15) is 28.4 Å². The zero-order valence-electron chi connectivity index (χ0n) is 17.0. The quantitative estimate of drug-likeness (QED) is 0.363. The molecule has 2 heterocycles. The van der Waals surface area contributed by atoms with Crippen molar-refractivity contribution in [2.75, 3.05) is 5.32 Å². The van der Waals surface area contributed by atoms with Gasteiger partial charge >= 0.3 is 5.97 Å². The van der Waals surface area contributed by atoms with E-state index in [1.807, 2.05) is 65.2 Å². The highest BCUT2D eigenvalue weighted by molar-refractivity contribution is 6.13. The molecule has 5 aromatic rings. The Bertz CT molecular complexity index is 1440. The molecule has 32 heavy (non-hydrogen) atoms. The van der Waals surface area contributed by atoms with Crippen LogP contribution >= 0.6 is 0 Å². The number of carboxylic acid groups (broad SMARTS) is 1. The molecular formula is C25H20N4O3. The van der Waals surface area contributed by atoms with Crippen molar-refractivity contribution >= 4 is 39.5 Å². The summed E-state index contributed by atoms with van der Waals surface area (Å²) >= 11 is 0. The molecule has 0 radical (unpaired) electrons. The first-order valence-electron chi connectivity index (χ1n) is 10.2. The predicted octanol–water partition coefficient (Wildman–Crippen LogP) is 4.83. The summed E-state index contributed by atoms with van der Waals surface area (Å²) in [5.74, 6) is -1.10. The maximum Gasteiger partial charge on any atom is 0.305 e. The Kier molecular flexibility index (Phi) is 4.91. The maximum absolute atomic E-state index is 12.8. The molecule has 0 spiro atoms. The summed E-state index contributed by atoms with van der Waals surface area (Å²) in [7, 11) is 0. The van der Waals surface area contributed by atoms with Gasteiger partial charge in [-0.25, -0.2) is 4.98 Å². The topological polar surface area (TPSA) is 100 Å². The van der Waals surface area contributed by atoms with Crippen molar-refractivity contribution in [1.29, 1.82) is 0 Å². The van der Waals surface area contributed by atoms with Gasteiger partial charge in [-0.3, -0.25) is 9.59 Å². The molecule has 7 nitrogen and oxygen atoms in total. The molecule has 0 bridgehead atoms. The van der Waals surface area contributed by atoms with Crippen molar-refractivity contribution in [3.05, 3.63) is 96.4 Å². The fourth-order valence-corrected chi connectivity index (χ4v) is 4.03. The molecule has 1 amide bonds. The molecule has 0 aliphatic rings. The maximum atomic E-state index is 12.8. The average Bonchev–Trinajstić information content (AvgIpc) is 3.42. The fraction of sp³-hybridized carbons (Fsp3) is 0.0800. The van der Waals surface area contributed by atoms with Crippen molar-refractivity contribution in [3.8, 4) is 0 Å².